The van der Waals surface area contributed by atoms with Crippen molar-refractivity contribution in [2.45, 2.75) is 19.9 Å². The zero-order valence-corrected chi connectivity index (χ0v) is 16.6. The number of amides is 2. The summed E-state index contributed by atoms with van der Waals surface area (Å²) < 4.78 is 15.1. The van der Waals surface area contributed by atoms with Crippen LogP contribution in [0.25, 0.3) is 0 Å². The normalized spacial score (nSPS) is 11.7. The molecule has 3 aromatic rings. The highest BCUT2D eigenvalue weighted by Gasteiger charge is 2.21. The maximum absolute atomic E-state index is 13.3. The molecule has 1 heterocycles. The molecule has 0 spiro atoms. The lowest BCUT2D eigenvalue weighted by Gasteiger charge is -2.19. The summed E-state index contributed by atoms with van der Waals surface area (Å²) in [6, 6.07) is 10.7. The molecule has 2 aromatic carbocycles. The second-order valence-corrected chi connectivity index (χ2v) is 6.93. The summed E-state index contributed by atoms with van der Waals surface area (Å²) in [5.41, 5.74) is 3.29. The average molecular weight is 394 g/mol. The Kier molecular flexibility index (Phi) is 6.07. The molecule has 0 aliphatic carbocycles. The van der Waals surface area contributed by atoms with Crippen molar-refractivity contribution in [1.82, 2.24) is 20.2 Å². The first-order valence-electron chi connectivity index (χ1n) is 9.22. The minimum absolute atomic E-state index is 0.187. The molecular weight excluding hydrogens is 371 g/mol. The molecule has 0 aliphatic rings. The second-order valence-electron chi connectivity index (χ2n) is 6.93. The predicted octanol–water partition coefficient (Wildman–Crippen LogP) is 2.81. The zero-order chi connectivity index (χ0) is 21.0. The number of aryl methyl sites for hydroxylation is 3. The van der Waals surface area contributed by atoms with Crippen molar-refractivity contribution < 1.29 is 14.0 Å². The Morgan fingerprint density at radius 2 is 1.83 bits per heavy atom. The molecule has 0 radical (unpaired) electrons. The monoisotopic (exact) mass is 394 g/mol. The third-order valence-corrected chi connectivity index (χ3v) is 4.80. The molecular formula is C22H23FN4O2. The maximum atomic E-state index is 13.3. The first-order valence-corrected chi connectivity index (χ1v) is 9.22. The minimum atomic E-state index is -0.568. The number of hydrogen-bond acceptors (Lipinski definition) is 3. The fraction of sp³-hybridized carbons (Fsp3) is 0.227. The first-order chi connectivity index (χ1) is 13.8. The average Bonchev–Trinajstić information content (AvgIpc) is 3.12. The number of nitrogens with zero attached hydrogens (tertiary/aromatic N) is 2. The van der Waals surface area contributed by atoms with Gasteiger partial charge in [0.15, 0.2) is 0 Å². The summed E-state index contributed by atoms with van der Waals surface area (Å²) >= 11 is 0. The van der Waals surface area contributed by atoms with Crippen LogP contribution < -0.4 is 10.6 Å². The molecule has 2 amide bonds. The van der Waals surface area contributed by atoms with Crippen LogP contribution in [0.2, 0.25) is 0 Å². The van der Waals surface area contributed by atoms with E-state index >= 15 is 0 Å². The molecule has 1 atom stereocenters. The van der Waals surface area contributed by atoms with Gasteiger partial charge in [-0.1, -0.05) is 18.2 Å². The van der Waals surface area contributed by atoms with Crippen molar-refractivity contribution >= 4 is 11.8 Å². The van der Waals surface area contributed by atoms with Gasteiger partial charge >= 0.3 is 0 Å². The fourth-order valence-electron chi connectivity index (χ4n) is 2.96. The van der Waals surface area contributed by atoms with E-state index in [1.165, 1.54) is 12.1 Å². The predicted molar refractivity (Wildman–Crippen MR) is 108 cm³/mol. The highest BCUT2D eigenvalue weighted by Crippen LogP contribution is 2.20. The highest BCUT2D eigenvalue weighted by atomic mass is 19.1. The maximum Gasteiger partial charge on any atom is 0.251 e. The number of imidazole rings is 1. The van der Waals surface area contributed by atoms with Crippen molar-refractivity contribution in [3.8, 4) is 0 Å². The van der Waals surface area contributed by atoms with Crippen molar-refractivity contribution in [2.24, 2.45) is 7.05 Å². The van der Waals surface area contributed by atoms with Gasteiger partial charge in [-0.05, 0) is 54.8 Å². The molecule has 0 saturated heterocycles. The minimum Gasteiger partial charge on any atom is -0.343 e. The van der Waals surface area contributed by atoms with Crippen LogP contribution in [0.3, 0.4) is 0 Å². The topological polar surface area (TPSA) is 76.0 Å². The lowest BCUT2D eigenvalue weighted by atomic mass is 10.1. The summed E-state index contributed by atoms with van der Waals surface area (Å²) in [5.74, 6) is -0.456. The SMILES string of the molecule is Cc1ccc(C(=O)NCC(=O)N[C@@H](c2ccc(F)cc2)c2nccn2C)cc1C. The van der Waals surface area contributed by atoms with Crippen molar-refractivity contribution in [3.05, 3.63) is 88.8 Å². The van der Waals surface area contributed by atoms with Gasteiger partial charge in [0.25, 0.3) is 5.91 Å². The number of aromatic nitrogens is 2. The van der Waals surface area contributed by atoms with E-state index in [1.807, 2.05) is 27.0 Å². The quantitative estimate of drug-likeness (QED) is 0.675. The molecule has 0 bridgehead atoms. The van der Waals surface area contributed by atoms with Crippen molar-refractivity contribution in [2.75, 3.05) is 6.54 Å². The first kappa shape index (κ1) is 20.3. The summed E-state index contributed by atoms with van der Waals surface area (Å²) in [6.45, 7) is 3.71. The Morgan fingerprint density at radius 1 is 1.10 bits per heavy atom. The van der Waals surface area contributed by atoms with Crippen LogP contribution in [0.5, 0.6) is 0 Å². The number of nitrogens with one attached hydrogen (secondary N) is 2. The van der Waals surface area contributed by atoms with Crippen LogP contribution in [0.4, 0.5) is 4.39 Å². The lowest BCUT2D eigenvalue weighted by molar-refractivity contribution is -0.120. The van der Waals surface area contributed by atoms with E-state index in [1.54, 1.807) is 41.2 Å². The van der Waals surface area contributed by atoms with E-state index in [9.17, 15) is 14.0 Å². The van der Waals surface area contributed by atoms with Gasteiger partial charge < -0.3 is 15.2 Å². The molecule has 0 unspecified atom stereocenters. The molecule has 150 valence electrons. The van der Waals surface area contributed by atoms with Crippen molar-refractivity contribution in [3.63, 3.8) is 0 Å². The Morgan fingerprint density at radius 3 is 2.45 bits per heavy atom. The van der Waals surface area contributed by atoms with E-state index in [4.69, 9.17) is 0 Å². The molecule has 6 nitrogen and oxygen atoms in total. The zero-order valence-electron chi connectivity index (χ0n) is 16.6. The Bertz CT molecular complexity index is 1030. The van der Waals surface area contributed by atoms with Gasteiger partial charge in [-0.15, -0.1) is 0 Å². The number of hydrogen-bond donors (Lipinski definition) is 2. The van der Waals surface area contributed by atoms with Gasteiger partial charge in [0.1, 0.15) is 17.7 Å². The van der Waals surface area contributed by atoms with Gasteiger partial charge in [-0.2, -0.15) is 0 Å². The van der Waals surface area contributed by atoms with Gasteiger partial charge in [-0.3, -0.25) is 9.59 Å². The number of benzene rings is 2. The van der Waals surface area contributed by atoms with E-state index in [-0.39, 0.29) is 24.2 Å². The van der Waals surface area contributed by atoms with E-state index < -0.39 is 6.04 Å². The summed E-state index contributed by atoms with van der Waals surface area (Å²) in [4.78, 5) is 29.2. The Balaban J connectivity index is 1.70. The van der Waals surface area contributed by atoms with Crippen LogP contribution in [-0.2, 0) is 11.8 Å². The van der Waals surface area contributed by atoms with Crippen molar-refractivity contribution in [1.29, 1.82) is 0 Å². The molecule has 2 N–H and O–H groups in total. The number of halogens is 1. The van der Waals surface area contributed by atoms with E-state index in [0.29, 0.717) is 17.0 Å². The van der Waals surface area contributed by atoms with Gasteiger partial charge in [0.2, 0.25) is 5.91 Å². The highest BCUT2D eigenvalue weighted by molar-refractivity contribution is 5.96. The Hall–Kier alpha value is -3.48. The third-order valence-electron chi connectivity index (χ3n) is 4.80. The smallest absolute Gasteiger partial charge is 0.251 e. The van der Waals surface area contributed by atoms with E-state index in [2.05, 4.69) is 15.6 Å². The molecule has 3 rings (SSSR count). The van der Waals surface area contributed by atoms with Crippen LogP contribution in [0.15, 0.2) is 54.9 Å². The summed E-state index contributed by atoms with van der Waals surface area (Å²) in [5, 5.41) is 5.50. The molecule has 1 aromatic heterocycles. The number of rotatable bonds is 6. The summed E-state index contributed by atoms with van der Waals surface area (Å²) in [6.07, 6.45) is 3.39. The Labute approximate surface area is 168 Å². The molecule has 0 saturated carbocycles. The van der Waals surface area contributed by atoms with Crippen LogP contribution in [0.1, 0.15) is 38.9 Å². The van der Waals surface area contributed by atoms with Crippen LogP contribution >= 0.6 is 0 Å². The van der Waals surface area contributed by atoms with Gasteiger partial charge in [-0.25, -0.2) is 9.37 Å². The van der Waals surface area contributed by atoms with Crippen LogP contribution in [-0.4, -0.2) is 27.9 Å². The molecule has 0 aliphatic heterocycles. The van der Waals surface area contributed by atoms with Gasteiger partial charge in [0.05, 0.1) is 6.54 Å². The third kappa shape index (κ3) is 4.87. The number of carbonyl (C=O) groups is 2. The second kappa shape index (κ2) is 8.68. The van der Waals surface area contributed by atoms with Gasteiger partial charge in [0, 0.05) is 25.0 Å². The molecule has 29 heavy (non-hydrogen) atoms. The van der Waals surface area contributed by atoms with E-state index in [0.717, 1.165) is 11.1 Å². The lowest BCUT2D eigenvalue weighted by Crippen LogP contribution is -2.39. The summed E-state index contributed by atoms with van der Waals surface area (Å²) in [7, 11) is 1.81. The fourth-order valence-corrected chi connectivity index (χ4v) is 2.96. The molecule has 0 fully saturated rings. The standard InChI is InChI=1S/C22H23FN4O2/c1-14-4-5-17(12-15(14)2)22(29)25-13-19(28)26-20(21-24-10-11-27(21)3)16-6-8-18(23)9-7-16/h4-12,20H,13H2,1-3H3,(H,25,29)(H,26,28)/t20-/m0/s1. The van der Waals surface area contributed by atoms with Crippen LogP contribution in [0, 0.1) is 19.7 Å². The number of carbonyl (C=O) groups excluding carboxylic acids is 2. The largest absolute Gasteiger partial charge is 0.343 e. The molecule has 7 heteroatoms.